The van der Waals surface area contributed by atoms with Crippen molar-refractivity contribution in [2.75, 3.05) is 18.4 Å². The second-order valence-corrected chi connectivity index (χ2v) is 5.79. The van der Waals surface area contributed by atoms with E-state index in [-0.39, 0.29) is 0 Å². The first kappa shape index (κ1) is 14.8. The minimum atomic E-state index is 0.550. The van der Waals surface area contributed by atoms with E-state index in [1.54, 1.807) is 4.52 Å². The summed E-state index contributed by atoms with van der Waals surface area (Å²) >= 11 is 0. The highest BCUT2D eigenvalue weighted by molar-refractivity contribution is 5.45. The maximum atomic E-state index is 4.48. The summed E-state index contributed by atoms with van der Waals surface area (Å²) in [6.45, 7) is 12.8. The fourth-order valence-corrected chi connectivity index (χ4v) is 2.47. The van der Waals surface area contributed by atoms with Crippen LogP contribution >= 0.6 is 0 Å². The highest BCUT2D eigenvalue weighted by Gasteiger charge is 2.12. The first-order valence-electron chi connectivity index (χ1n) is 7.30. The third-order valence-corrected chi connectivity index (χ3v) is 3.47. The molecule has 2 heterocycles. The van der Waals surface area contributed by atoms with Gasteiger partial charge < -0.3 is 5.32 Å². The molecule has 2 rings (SSSR count). The molecule has 0 saturated carbocycles. The van der Waals surface area contributed by atoms with Crippen molar-refractivity contribution in [2.45, 2.75) is 46.7 Å². The first-order valence-corrected chi connectivity index (χ1v) is 7.30. The zero-order valence-electron chi connectivity index (χ0n) is 13.1. The molecule has 0 atom stereocenters. The van der Waals surface area contributed by atoms with E-state index in [2.05, 4.69) is 54.9 Å². The Bertz CT molecular complexity index is 550. The number of hydrogen-bond donors (Lipinski definition) is 1. The minimum absolute atomic E-state index is 0.550. The van der Waals surface area contributed by atoms with Gasteiger partial charge in [-0.3, -0.25) is 4.90 Å². The van der Waals surface area contributed by atoms with Crippen LogP contribution in [0.2, 0.25) is 0 Å². The molecule has 1 N–H and O–H groups in total. The molecule has 0 saturated heterocycles. The molecular formula is C15H25N5. The van der Waals surface area contributed by atoms with Crippen LogP contribution in [-0.2, 0) is 0 Å². The van der Waals surface area contributed by atoms with Crippen LogP contribution in [0.5, 0.6) is 0 Å². The zero-order chi connectivity index (χ0) is 14.7. The SMILES string of the molecule is Cc1ccn2nc(NCCN(C(C)C)C(C)C)nc2c1. The number of aromatic nitrogens is 3. The molecule has 0 amide bonds. The Balaban J connectivity index is 1.95. The van der Waals surface area contributed by atoms with E-state index in [9.17, 15) is 0 Å². The van der Waals surface area contributed by atoms with Gasteiger partial charge in [0.1, 0.15) is 0 Å². The highest BCUT2D eigenvalue weighted by atomic mass is 15.3. The van der Waals surface area contributed by atoms with Crippen LogP contribution in [0.4, 0.5) is 5.95 Å². The van der Waals surface area contributed by atoms with E-state index < -0.39 is 0 Å². The van der Waals surface area contributed by atoms with Crippen LogP contribution in [0.15, 0.2) is 18.3 Å². The molecule has 0 fully saturated rings. The smallest absolute Gasteiger partial charge is 0.243 e. The summed E-state index contributed by atoms with van der Waals surface area (Å²) < 4.78 is 1.80. The fourth-order valence-electron chi connectivity index (χ4n) is 2.47. The van der Waals surface area contributed by atoms with Crippen molar-refractivity contribution in [3.05, 3.63) is 23.9 Å². The number of aryl methyl sites for hydroxylation is 1. The molecular weight excluding hydrogens is 250 g/mol. The van der Waals surface area contributed by atoms with Crippen LogP contribution in [0.25, 0.3) is 5.65 Å². The van der Waals surface area contributed by atoms with Crippen molar-refractivity contribution in [1.29, 1.82) is 0 Å². The largest absolute Gasteiger partial charge is 0.352 e. The predicted molar refractivity (Wildman–Crippen MR) is 83.2 cm³/mol. The Morgan fingerprint density at radius 3 is 2.60 bits per heavy atom. The third-order valence-electron chi connectivity index (χ3n) is 3.47. The molecule has 5 heteroatoms. The Morgan fingerprint density at radius 2 is 1.95 bits per heavy atom. The van der Waals surface area contributed by atoms with Gasteiger partial charge in [-0.15, -0.1) is 5.10 Å². The second-order valence-electron chi connectivity index (χ2n) is 5.79. The van der Waals surface area contributed by atoms with E-state index in [4.69, 9.17) is 0 Å². The summed E-state index contributed by atoms with van der Waals surface area (Å²) in [4.78, 5) is 6.93. The lowest BCUT2D eigenvalue weighted by Gasteiger charge is -2.30. The van der Waals surface area contributed by atoms with Crippen LogP contribution in [-0.4, -0.2) is 44.7 Å². The molecule has 0 bridgehead atoms. The second kappa shape index (κ2) is 6.22. The van der Waals surface area contributed by atoms with E-state index in [1.807, 2.05) is 18.3 Å². The van der Waals surface area contributed by atoms with Crippen molar-refractivity contribution in [1.82, 2.24) is 19.5 Å². The highest BCUT2D eigenvalue weighted by Crippen LogP contribution is 2.08. The molecule has 0 radical (unpaired) electrons. The van der Waals surface area contributed by atoms with Gasteiger partial charge in [0.2, 0.25) is 5.95 Å². The lowest BCUT2D eigenvalue weighted by atomic mass is 10.2. The molecule has 2 aromatic heterocycles. The quantitative estimate of drug-likeness (QED) is 0.880. The van der Waals surface area contributed by atoms with Crippen molar-refractivity contribution in [3.8, 4) is 0 Å². The van der Waals surface area contributed by atoms with E-state index in [0.717, 1.165) is 18.7 Å². The predicted octanol–water partition coefficient (Wildman–Crippen LogP) is 2.57. The summed E-state index contributed by atoms with van der Waals surface area (Å²) in [5.41, 5.74) is 2.08. The van der Waals surface area contributed by atoms with Gasteiger partial charge in [0.05, 0.1) is 0 Å². The number of nitrogens with one attached hydrogen (secondary N) is 1. The van der Waals surface area contributed by atoms with Crippen LogP contribution in [0.3, 0.4) is 0 Å². The Hall–Kier alpha value is -1.62. The lowest BCUT2D eigenvalue weighted by molar-refractivity contribution is 0.182. The molecule has 2 aromatic rings. The molecule has 0 aromatic carbocycles. The Morgan fingerprint density at radius 1 is 1.25 bits per heavy atom. The van der Waals surface area contributed by atoms with E-state index >= 15 is 0 Å². The molecule has 0 aliphatic heterocycles. The van der Waals surface area contributed by atoms with Gasteiger partial charge in [0, 0.05) is 31.4 Å². The maximum Gasteiger partial charge on any atom is 0.243 e. The van der Waals surface area contributed by atoms with Gasteiger partial charge in [-0.25, -0.2) is 4.52 Å². The van der Waals surface area contributed by atoms with Gasteiger partial charge in [0.25, 0.3) is 0 Å². The molecule has 0 aliphatic carbocycles. The van der Waals surface area contributed by atoms with Crippen molar-refractivity contribution in [3.63, 3.8) is 0 Å². The summed E-state index contributed by atoms with van der Waals surface area (Å²) in [6, 6.07) is 5.17. The maximum absolute atomic E-state index is 4.48. The van der Waals surface area contributed by atoms with Crippen molar-refractivity contribution in [2.24, 2.45) is 0 Å². The summed E-state index contributed by atoms with van der Waals surface area (Å²) in [7, 11) is 0. The number of hydrogen-bond acceptors (Lipinski definition) is 4. The molecule has 20 heavy (non-hydrogen) atoms. The van der Waals surface area contributed by atoms with Crippen LogP contribution < -0.4 is 5.32 Å². The number of pyridine rings is 1. The van der Waals surface area contributed by atoms with Gasteiger partial charge in [-0.1, -0.05) is 0 Å². The number of anilines is 1. The normalized spacial score (nSPS) is 12.0. The number of fused-ring (bicyclic) bond motifs is 1. The first-order chi connectivity index (χ1) is 9.47. The molecule has 0 spiro atoms. The summed E-state index contributed by atoms with van der Waals surface area (Å²) in [6.07, 6.45) is 1.94. The van der Waals surface area contributed by atoms with E-state index in [1.165, 1.54) is 5.56 Å². The van der Waals surface area contributed by atoms with Gasteiger partial charge >= 0.3 is 0 Å². The zero-order valence-corrected chi connectivity index (χ0v) is 13.1. The number of rotatable bonds is 6. The number of nitrogens with zero attached hydrogens (tertiary/aromatic N) is 4. The molecule has 0 aliphatic rings. The van der Waals surface area contributed by atoms with Crippen molar-refractivity contribution >= 4 is 11.6 Å². The van der Waals surface area contributed by atoms with Crippen LogP contribution in [0.1, 0.15) is 33.3 Å². The lowest BCUT2D eigenvalue weighted by Crippen LogP contribution is -2.40. The monoisotopic (exact) mass is 275 g/mol. The fraction of sp³-hybridized carbons (Fsp3) is 0.600. The van der Waals surface area contributed by atoms with E-state index in [0.29, 0.717) is 18.0 Å². The van der Waals surface area contributed by atoms with Gasteiger partial charge in [-0.2, -0.15) is 4.98 Å². The summed E-state index contributed by atoms with van der Waals surface area (Å²) in [5, 5.41) is 7.73. The molecule has 0 unspecified atom stereocenters. The van der Waals surface area contributed by atoms with Gasteiger partial charge in [-0.05, 0) is 52.3 Å². The molecule has 110 valence electrons. The third kappa shape index (κ3) is 3.48. The average Bonchev–Trinajstić information content (AvgIpc) is 2.75. The van der Waals surface area contributed by atoms with Crippen molar-refractivity contribution < 1.29 is 0 Å². The standard InChI is InChI=1S/C15H25N5/c1-11(2)19(12(3)4)9-7-16-15-17-14-10-13(5)6-8-20(14)18-15/h6,8,10-12H,7,9H2,1-5H3,(H,16,18). The minimum Gasteiger partial charge on any atom is -0.352 e. The molecule has 5 nitrogen and oxygen atoms in total. The Kier molecular flexibility index (Phi) is 4.60. The topological polar surface area (TPSA) is 45.5 Å². The average molecular weight is 275 g/mol. The van der Waals surface area contributed by atoms with Gasteiger partial charge in [0.15, 0.2) is 5.65 Å². The Labute approximate surface area is 121 Å². The van der Waals surface area contributed by atoms with Crippen LogP contribution in [0, 0.1) is 6.92 Å². The summed E-state index contributed by atoms with van der Waals surface area (Å²) in [5.74, 6) is 0.697.